The highest BCUT2D eigenvalue weighted by atomic mass is 16.2. The van der Waals surface area contributed by atoms with Gasteiger partial charge in [0.05, 0.1) is 17.5 Å². The minimum absolute atomic E-state index is 0.0337. The average molecular weight is 292 g/mol. The van der Waals surface area contributed by atoms with E-state index in [2.05, 4.69) is 23.5 Å². The van der Waals surface area contributed by atoms with Crippen molar-refractivity contribution in [3.05, 3.63) is 58.7 Å². The smallest absolute Gasteiger partial charge is 0.251 e. The van der Waals surface area contributed by atoms with Crippen molar-refractivity contribution in [2.75, 3.05) is 0 Å². The molecule has 3 rings (SSSR count). The highest BCUT2D eigenvalue weighted by Crippen LogP contribution is 2.47. The average Bonchev–Trinajstić information content (AvgIpc) is 2.99. The topological polar surface area (TPSA) is 52.9 Å². The van der Waals surface area contributed by atoms with Crippen LogP contribution in [0, 0.1) is 16.7 Å². The molecule has 0 aromatic heterocycles. The molecule has 2 atom stereocenters. The van der Waals surface area contributed by atoms with Crippen molar-refractivity contribution >= 4 is 5.91 Å². The highest BCUT2D eigenvalue weighted by Gasteiger charge is 2.51. The molecule has 0 radical (unpaired) electrons. The van der Waals surface area contributed by atoms with Gasteiger partial charge in [-0.05, 0) is 44.2 Å². The summed E-state index contributed by atoms with van der Waals surface area (Å²) in [6, 6.07) is 12.4. The van der Waals surface area contributed by atoms with E-state index in [1.54, 1.807) is 0 Å². The number of nitriles is 1. The van der Waals surface area contributed by atoms with Crippen LogP contribution in [-0.4, -0.2) is 11.9 Å². The van der Waals surface area contributed by atoms with E-state index in [9.17, 15) is 10.1 Å². The largest absolute Gasteiger partial charge is 0.344 e. The summed E-state index contributed by atoms with van der Waals surface area (Å²) in [5, 5.41) is 12.9. The van der Waals surface area contributed by atoms with Crippen molar-refractivity contribution in [3.8, 4) is 6.07 Å². The van der Waals surface area contributed by atoms with Gasteiger partial charge in [0.2, 0.25) is 0 Å². The van der Waals surface area contributed by atoms with Crippen LogP contribution in [0.5, 0.6) is 0 Å². The number of allylic oxidation sites excluding steroid dienone is 1. The zero-order valence-corrected chi connectivity index (χ0v) is 13.0. The van der Waals surface area contributed by atoms with Crippen LogP contribution in [0.1, 0.15) is 32.3 Å². The second-order valence-corrected chi connectivity index (χ2v) is 6.50. The van der Waals surface area contributed by atoms with Crippen LogP contribution in [0.2, 0.25) is 0 Å². The monoisotopic (exact) mass is 292 g/mol. The third kappa shape index (κ3) is 2.35. The van der Waals surface area contributed by atoms with E-state index in [1.807, 2.05) is 38.1 Å². The number of amides is 1. The molecule has 3 heteroatoms. The SMILES string of the molecule is CC(C)=CC1=C2CCC(C#N)(Cc3ccccc3)C2NC1=O. The van der Waals surface area contributed by atoms with Gasteiger partial charge in [-0.2, -0.15) is 5.26 Å². The summed E-state index contributed by atoms with van der Waals surface area (Å²) >= 11 is 0. The van der Waals surface area contributed by atoms with E-state index >= 15 is 0 Å². The molecule has 0 spiro atoms. The lowest BCUT2D eigenvalue weighted by Gasteiger charge is -2.27. The van der Waals surface area contributed by atoms with Crippen LogP contribution in [-0.2, 0) is 11.2 Å². The summed E-state index contributed by atoms with van der Waals surface area (Å²) in [6.45, 7) is 3.98. The van der Waals surface area contributed by atoms with Crippen molar-refractivity contribution in [3.63, 3.8) is 0 Å². The van der Waals surface area contributed by atoms with Gasteiger partial charge < -0.3 is 5.32 Å². The Morgan fingerprint density at radius 3 is 2.77 bits per heavy atom. The fourth-order valence-corrected chi connectivity index (χ4v) is 3.61. The van der Waals surface area contributed by atoms with Gasteiger partial charge in [0.25, 0.3) is 5.91 Å². The van der Waals surface area contributed by atoms with Crippen molar-refractivity contribution < 1.29 is 4.79 Å². The molecule has 1 fully saturated rings. The molecule has 1 aliphatic carbocycles. The summed E-state index contributed by atoms with van der Waals surface area (Å²) < 4.78 is 0. The molecule has 112 valence electrons. The van der Waals surface area contributed by atoms with Gasteiger partial charge in [0.1, 0.15) is 0 Å². The number of rotatable bonds is 3. The Morgan fingerprint density at radius 2 is 2.14 bits per heavy atom. The van der Waals surface area contributed by atoms with Gasteiger partial charge in [0.15, 0.2) is 0 Å². The maximum atomic E-state index is 12.3. The second-order valence-electron chi connectivity index (χ2n) is 6.50. The molecule has 1 aliphatic heterocycles. The molecule has 1 aromatic rings. The van der Waals surface area contributed by atoms with Crippen molar-refractivity contribution in [1.29, 1.82) is 5.26 Å². The second kappa shape index (κ2) is 5.46. The molecule has 2 aliphatic rings. The van der Waals surface area contributed by atoms with Crippen molar-refractivity contribution in [2.24, 2.45) is 5.41 Å². The summed E-state index contributed by atoms with van der Waals surface area (Å²) in [6.07, 6.45) is 4.25. The number of fused-ring (bicyclic) bond motifs is 1. The molecule has 1 amide bonds. The van der Waals surface area contributed by atoms with Crippen LogP contribution in [0.15, 0.2) is 53.1 Å². The van der Waals surface area contributed by atoms with Gasteiger partial charge in [-0.1, -0.05) is 42.0 Å². The number of hydrogen-bond acceptors (Lipinski definition) is 2. The summed E-state index contributed by atoms with van der Waals surface area (Å²) in [4.78, 5) is 12.3. The highest BCUT2D eigenvalue weighted by molar-refractivity contribution is 6.01. The summed E-state index contributed by atoms with van der Waals surface area (Å²) in [5.74, 6) is -0.0337. The number of nitrogens with zero attached hydrogens (tertiary/aromatic N) is 1. The van der Waals surface area contributed by atoms with Crippen LogP contribution < -0.4 is 5.32 Å². The van der Waals surface area contributed by atoms with Gasteiger partial charge in [0, 0.05) is 5.57 Å². The molecule has 0 saturated heterocycles. The summed E-state index contributed by atoms with van der Waals surface area (Å²) in [5.41, 5.74) is 3.62. The van der Waals surface area contributed by atoms with Crippen LogP contribution in [0.4, 0.5) is 0 Å². The third-order valence-corrected chi connectivity index (χ3v) is 4.63. The van der Waals surface area contributed by atoms with E-state index in [4.69, 9.17) is 0 Å². The minimum Gasteiger partial charge on any atom is -0.344 e. The lowest BCUT2D eigenvalue weighted by molar-refractivity contribution is -0.117. The molecular weight excluding hydrogens is 272 g/mol. The maximum Gasteiger partial charge on any atom is 0.251 e. The molecule has 1 heterocycles. The standard InChI is InChI=1S/C19H20N2O/c1-13(2)10-16-15-8-9-19(12-20,17(15)21-18(16)22)11-14-6-4-3-5-7-14/h3-7,10,17H,8-9,11H2,1-2H3,(H,21,22). The normalized spacial score (nSPS) is 26.4. The molecule has 0 bridgehead atoms. The Morgan fingerprint density at radius 1 is 1.41 bits per heavy atom. The molecule has 1 aromatic carbocycles. The number of carbonyl (C=O) groups excluding carboxylic acids is 1. The quantitative estimate of drug-likeness (QED) is 0.929. The molecular formula is C19H20N2O. The Labute approximate surface area is 131 Å². The number of carbonyl (C=O) groups is 1. The fraction of sp³-hybridized carbons (Fsp3) is 0.368. The van der Waals surface area contributed by atoms with E-state index in [0.717, 1.165) is 35.1 Å². The Bertz CT molecular complexity index is 705. The fourth-order valence-electron chi connectivity index (χ4n) is 3.61. The van der Waals surface area contributed by atoms with Crippen molar-refractivity contribution in [2.45, 2.75) is 39.2 Å². The minimum atomic E-state index is -0.524. The van der Waals surface area contributed by atoms with E-state index < -0.39 is 5.41 Å². The predicted octanol–water partition coefficient (Wildman–Crippen LogP) is 3.29. The zero-order valence-electron chi connectivity index (χ0n) is 13.0. The van der Waals surface area contributed by atoms with Crippen molar-refractivity contribution in [1.82, 2.24) is 5.32 Å². The first kappa shape index (κ1) is 14.6. The van der Waals surface area contributed by atoms with Gasteiger partial charge in [-0.15, -0.1) is 0 Å². The molecule has 3 nitrogen and oxygen atoms in total. The maximum absolute atomic E-state index is 12.3. The number of hydrogen-bond donors (Lipinski definition) is 1. The zero-order chi connectivity index (χ0) is 15.7. The first-order valence-electron chi connectivity index (χ1n) is 7.70. The molecule has 22 heavy (non-hydrogen) atoms. The van der Waals surface area contributed by atoms with Gasteiger partial charge in [-0.25, -0.2) is 0 Å². The van der Waals surface area contributed by atoms with Crippen LogP contribution >= 0.6 is 0 Å². The first-order valence-corrected chi connectivity index (χ1v) is 7.70. The van der Waals surface area contributed by atoms with Crippen LogP contribution in [0.3, 0.4) is 0 Å². The Balaban J connectivity index is 1.97. The van der Waals surface area contributed by atoms with Gasteiger partial charge in [-0.3, -0.25) is 4.79 Å². The van der Waals surface area contributed by atoms with Crippen LogP contribution in [0.25, 0.3) is 0 Å². The number of nitrogens with one attached hydrogen (secondary N) is 1. The predicted molar refractivity (Wildman–Crippen MR) is 85.8 cm³/mol. The lowest BCUT2D eigenvalue weighted by atomic mass is 9.78. The Hall–Kier alpha value is -2.34. The van der Waals surface area contributed by atoms with Gasteiger partial charge >= 0.3 is 0 Å². The lowest BCUT2D eigenvalue weighted by Crippen LogP contribution is -2.41. The molecule has 2 unspecified atom stereocenters. The molecule has 1 N–H and O–H groups in total. The molecule has 1 saturated carbocycles. The van der Waals surface area contributed by atoms with E-state index in [0.29, 0.717) is 6.42 Å². The summed E-state index contributed by atoms with van der Waals surface area (Å²) in [7, 11) is 0. The Kier molecular flexibility index (Phi) is 3.62. The first-order chi connectivity index (χ1) is 10.6. The third-order valence-electron chi connectivity index (χ3n) is 4.63. The van der Waals surface area contributed by atoms with E-state index in [1.165, 1.54) is 0 Å². The number of benzene rings is 1. The van der Waals surface area contributed by atoms with E-state index in [-0.39, 0.29) is 11.9 Å².